The molecule has 2 N–H and O–H groups in total. The lowest BCUT2D eigenvalue weighted by Gasteiger charge is -2.22. The molecule has 1 fully saturated rings. The summed E-state index contributed by atoms with van der Waals surface area (Å²) in [5.41, 5.74) is 2.32. The zero-order valence-electron chi connectivity index (χ0n) is 16.5. The minimum absolute atomic E-state index is 0. The molecule has 1 amide bonds. The lowest BCUT2D eigenvalue weighted by Crippen LogP contribution is -2.29. The van der Waals surface area contributed by atoms with Gasteiger partial charge in [-0.05, 0) is 43.1 Å². The first-order chi connectivity index (χ1) is 14.2. The van der Waals surface area contributed by atoms with Crippen LogP contribution in [-0.2, 0) is 13.1 Å². The molecule has 1 aliphatic heterocycles. The fourth-order valence-electron chi connectivity index (χ4n) is 3.45. The Labute approximate surface area is 180 Å². The summed E-state index contributed by atoms with van der Waals surface area (Å²) in [5, 5.41) is 14.3. The number of amides is 1. The fourth-order valence-corrected chi connectivity index (χ4v) is 3.45. The van der Waals surface area contributed by atoms with Crippen molar-refractivity contribution in [3.8, 4) is 0 Å². The number of pyridine rings is 1. The van der Waals surface area contributed by atoms with Gasteiger partial charge in [0, 0.05) is 18.8 Å². The molecule has 9 heteroatoms. The van der Waals surface area contributed by atoms with E-state index in [-0.39, 0.29) is 23.9 Å². The SMILES string of the molecule is Cl.O=C(NCc1ccc(Cn2ccccc2=O)cc1)c1cn(C2CCNCC2)nn1. The van der Waals surface area contributed by atoms with Gasteiger partial charge >= 0.3 is 0 Å². The lowest BCUT2D eigenvalue weighted by molar-refractivity contribution is 0.0946. The highest BCUT2D eigenvalue weighted by atomic mass is 35.5. The summed E-state index contributed by atoms with van der Waals surface area (Å²) in [6, 6.07) is 13.3. The van der Waals surface area contributed by atoms with Crippen LogP contribution in [0.3, 0.4) is 0 Å². The summed E-state index contributed by atoms with van der Waals surface area (Å²) in [6.07, 6.45) is 5.48. The van der Waals surface area contributed by atoms with Gasteiger partial charge in [-0.2, -0.15) is 0 Å². The second kappa shape index (κ2) is 10.2. The number of benzene rings is 1. The predicted octanol–water partition coefficient (Wildman–Crippen LogP) is 1.76. The molecular formula is C21H25ClN6O2. The second-order valence-electron chi connectivity index (χ2n) is 7.23. The van der Waals surface area contributed by atoms with Crippen LogP contribution in [0, 0.1) is 0 Å². The molecule has 1 aliphatic rings. The van der Waals surface area contributed by atoms with Crippen LogP contribution in [0.2, 0.25) is 0 Å². The summed E-state index contributed by atoms with van der Waals surface area (Å²) in [6.45, 7) is 2.85. The monoisotopic (exact) mass is 428 g/mol. The number of piperidine rings is 1. The Bertz CT molecular complexity index is 1020. The number of carbonyl (C=O) groups is 1. The Balaban J connectivity index is 0.00000256. The van der Waals surface area contributed by atoms with E-state index < -0.39 is 0 Å². The first-order valence-electron chi connectivity index (χ1n) is 9.83. The van der Waals surface area contributed by atoms with Crippen LogP contribution in [0.1, 0.15) is 40.5 Å². The molecule has 3 heterocycles. The molecule has 158 valence electrons. The number of aromatic nitrogens is 4. The third-order valence-corrected chi connectivity index (χ3v) is 5.15. The van der Waals surface area contributed by atoms with Crippen molar-refractivity contribution in [2.45, 2.75) is 32.0 Å². The third-order valence-electron chi connectivity index (χ3n) is 5.15. The summed E-state index contributed by atoms with van der Waals surface area (Å²) >= 11 is 0. The molecule has 0 atom stereocenters. The minimum Gasteiger partial charge on any atom is -0.347 e. The fraction of sp³-hybridized carbons (Fsp3) is 0.333. The zero-order chi connectivity index (χ0) is 20.1. The number of hydrogen-bond acceptors (Lipinski definition) is 5. The number of halogens is 1. The largest absolute Gasteiger partial charge is 0.347 e. The van der Waals surface area contributed by atoms with Gasteiger partial charge in [0.1, 0.15) is 0 Å². The first kappa shape index (κ1) is 21.7. The Morgan fingerprint density at radius 2 is 1.83 bits per heavy atom. The molecule has 30 heavy (non-hydrogen) atoms. The molecule has 3 aromatic rings. The standard InChI is InChI=1S/C21H24N6O2.ClH/c28-20-3-1-2-12-26(20)14-17-6-4-16(5-7-17)13-23-21(29)19-15-27(25-24-19)18-8-10-22-11-9-18;/h1-7,12,15,18,22H,8-11,13-14H2,(H,23,29);1H. The maximum atomic E-state index is 12.4. The molecular weight excluding hydrogens is 404 g/mol. The van der Waals surface area contributed by atoms with E-state index in [1.54, 1.807) is 33.8 Å². The van der Waals surface area contributed by atoms with Crippen LogP contribution < -0.4 is 16.2 Å². The van der Waals surface area contributed by atoms with E-state index in [1.807, 2.05) is 30.3 Å². The van der Waals surface area contributed by atoms with Gasteiger partial charge in [0.2, 0.25) is 0 Å². The van der Waals surface area contributed by atoms with Crippen LogP contribution in [-0.4, -0.2) is 38.6 Å². The Kier molecular flexibility index (Phi) is 7.37. The topological polar surface area (TPSA) is 93.8 Å². The van der Waals surface area contributed by atoms with Crippen LogP contribution in [0.25, 0.3) is 0 Å². The molecule has 0 bridgehead atoms. The number of hydrogen-bond donors (Lipinski definition) is 2. The van der Waals surface area contributed by atoms with Gasteiger partial charge in [-0.1, -0.05) is 35.5 Å². The van der Waals surface area contributed by atoms with Gasteiger partial charge in [-0.25, -0.2) is 4.68 Å². The smallest absolute Gasteiger partial charge is 0.273 e. The normalized spacial score (nSPS) is 14.1. The van der Waals surface area contributed by atoms with Crippen molar-refractivity contribution in [2.75, 3.05) is 13.1 Å². The van der Waals surface area contributed by atoms with Gasteiger partial charge in [-0.3, -0.25) is 9.59 Å². The maximum Gasteiger partial charge on any atom is 0.273 e. The van der Waals surface area contributed by atoms with Crippen molar-refractivity contribution in [3.05, 3.63) is 82.0 Å². The average molecular weight is 429 g/mol. The zero-order valence-corrected chi connectivity index (χ0v) is 17.3. The van der Waals surface area contributed by atoms with Crippen LogP contribution in [0.5, 0.6) is 0 Å². The molecule has 0 spiro atoms. The molecule has 8 nitrogen and oxygen atoms in total. The van der Waals surface area contributed by atoms with Gasteiger partial charge in [0.05, 0.1) is 18.8 Å². The van der Waals surface area contributed by atoms with Gasteiger partial charge in [0.15, 0.2) is 5.69 Å². The molecule has 4 rings (SSSR count). The Hall–Kier alpha value is -2.97. The van der Waals surface area contributed by atoms with Crippen molar-refractivity contribution in [1.29, 1.82) is 0 Å². The highest BCUT2D eigenvalue weighted by Crippen LogP contribution is 2.17. The van der Waals surface area contributed by atoms with Crippen molar-refractivity contribution in [1.82, 2.24) is 30.2 Å². The Morgan fingerprint density at radius 1 is 1.10 bits per heavy atom. The summed E-state index contributed by atoms with van der Waals surface area (Å²) in [5.74, 6) is -0.231. The van der Waals surface area contributed by atoms with Crippen LogP contribution in [0.15, 0.2) is 59.7 Å². The van der Waals surface area contributed by atoms with Gasteiger partial charge in [-0.15, -0.1) is 17.5 Å². The molecule has 2 aromatic heterocycles. The maximum absolute atomic E-state index is 12.4. The highest BCUT2D eigenvalue weighted by Gasteiger charge is 2.18. The van der Waals surface area contributed by atoms with E-state index in [1.165, 1.54) is 0 Å². The van der Waals surface area contributed by atoms with E-state index in [4.69, 9.17) is 0 Å². The van der Waals surface area contributed by atoms with Crippen LogP contribution >= 0.6 is 12.4 Å². The van der Waals surface area contributed by atoms with E-state index in [2.05, 4.69) is 20.9 Å². The molecule has 1 saturated heterocycles. The van der Waals surface area contributed by atoms with E-state index in [0.29, 0.717) is 24.8 Å². The van der Waals surface area contributed by atoms with Crippen molar-refractivity contribution >= 4 is 18.3 Å². The molecule has 0 radical (unpaired) electrons. The summed E-state index contributed by atoms with van der Waals surface area (Å²) < 4.78 is 3.46. The third kappa shape index (κ3) is 5.34. The number of nitrogens with one attached hydrogen (secondary N) is 2. The summed E-state index contributed by atoms with van der Waals surface area (Å²) in [7, 11) is 0. The van der Waals surface area contributed by atoms with E-state index >= 15 is 0 Å². The average Bonchev–Trinajstić information content (AvgIpc) is 3.26. The second-order valence-corrected chi connectivity index (χ2v) is 7.23. The lowest BCUT2D eigenvalue weighted by atomic mass is 10.1. The predicted molar refractivity (Wildman–Crippen MR) is 116 cm³/mol. The number of nitrogens with zero attached hydrogens (tertiary/aromatic N) is 4. The van der Waals surface area contributed by atoms with Gasteiger partial charge in [0.25, 0.3) is 11.5 Å². The Morgan fingerprint density at radius 3 is 2.57 bits per heavy atom. The molecule has 0 aliphatic carbocycles. The van der Waals surface area contributed by atoms with Gasteiger partial charge < -0.3 is 15.2 Å². The first-order valence-corrected chi connectivity index (χ1v) is 9.83. The van der Waals surface area contributed by atoms with Crippen LogP contribution in [0.4, 0.5) is 0 Å². The molecule has 1 aromatic carbocycles. The van der Waals surface area contributed by atoms with Crippen molar-refractivity contribution < 1.29 is 4.79 Å². The van der Waals surface area contributed by atoms with Crippen molar-refractivity contribution in [2.24, 2.45) is 0 Å². The molecule has 0 saturated carbocycles. The quantitative estimate of drug-likeness (QED) is 0.624. The number of rotatable bonds is 6. The summed E-state index contributed by atoms with van der Waals surface area (Å²) in [4.78, 5) is 24.2. The van der Waals surface area contributed by atoms with E-state index in [0.717, 1.165) is 37.1 Å². The van der Waals surface area contributed by atoms with E-state index in [9.17, 15) is 9.59 Å². The minimum atomic E-state index is -0.231. The van der Waals surface area contributed by atoms with Crippen molar-refractivity contribution in [3.63, 3.8) is 0 Å². The molecule has 0 unspecified atom stereocenters. The number of carbonyl (C=O) groups excluding carboxylic acids is 1. The highest BCUT2D eigenvalue weighted by molar-refractivity contribution is 5.91.